The van der Waals surface area contributed by atoms with E-state index in [-0.39, 0.29) is 11.7 Å². The quantitative estimate of drug-likeness (QED) is 0.810. The number of rotatable bonds is 5. The first-order valence-corrected chi connectivity index (χ1v) is 9.86. The molecular formula is C15H20N4O4S. The van der Waals surface area contributed by atoms with Crippen molar-refractivity contribution in [1.29, 1.82) is 0 Å². The third-order valence-electron chi connectivity index (χ3n) is 4.53. The van der Waals surface area contributed by atoms with Crippen molar-refractivity contribution in [3.05, 3.63) is 29.2 Å². The third kappa shape index (κ3) is 3.23. The number of hydrogen-bond donors (Lipinski definition) is 0. The van der Waals surface area contributed by atoms with E-state index in [9.17, 15) is 8.42 Å². The molecule has 2 aromatic rings. The highest BCUT2D eigenvalue weighted by Crippen LogP contribution is 2.39. The van der Waals surface area contributed by atoms with Gasteiger partial charge >= 0.3 is 0 Å². The number of aromatic nitrogens is 3. The number of hydrogen-bond acceptors (Lipinski definition) is 7. The zero-order chi connectivity index (χ0) is 16.7. The highest BCUT2D eigenvalue weighted by Gasteiger charge is 2.35. The molecule has 0 spiro atoms. The number of piperidine rings is 1. The normalized spacial score (nSPS) is 22.8. The van der Waals surface area contributed by atoms with Gasteiger partial charge in [0.2, 0.25) is 15.9 Å². The van der Waals surface area contributed by atoms with Gasteiger partial charge in [0.15, 0.2) is 11.6 Å². The predicted octanol–water partition coefficient (Wildman–Crippen LogP) is 1.95. The summed E-state index contributed by atoms with van der Waals surface area (Å²) in [6, 6.07) is 1.65. The largest absolute Gasteiger partial charge is 0.360 e. The van der Waals surface area contributed by atoms with Gasteiger partial charge in [0, 0.05) is 31.0 Å². The molecule has 0 bridgehead atoms. The van der Waals surface area contributed by atoms with E-state index in [4.69, 9.17) is 9.05 Å². The second-order valence-electron chi connectivity index (χ2n) is 6.65. The van der Waals surface area contributed by atoms with Crippen LogP contribution in [0.3, 0.4) is 0 Å². The minimum absolute atomic E-state index is 0.0127. The number of aryl methyl sites for hydroxylation is 1. The maximum atomic E-state index is 12.6. The standard InChI is InChI=1S/C15H20N4O4S/c1-10-7-13(22-17-10)9-24(20,21)19-6-2-3-12(8-19)14-16-15(23-18-14)11-4-5-11/h7,11-12H,2-6,8-9H2,1H3. The molecule has 0 radical (unpaired) electrons. The highest BCUT2D eigenvalue weighted by atomic mass is 32.2. The molecule has 3 heterocycles. The van der Waals surface area contributed by atoms with Crippen molar-refractivity contribution in [2.45, 2.75) is 50.2 Å². The number of nitrogens with zero attached hydrogens (tertiary/aromatic N) is 4. The summed E-state index contributed by atoms with van der Waals surface area (Å²) in [6.45, 7) is 2.67. The van der Waals surface area contributed by atoms with Crippen LogP contribution in [0.4, 0.5) is 0 Å². The molecule has 2 aliphatic rings. The topological polar surface area (TPSA) is 102 Å². The van der Waals surface area contributed by atoms with Gasteiger partial charge in [0.25, 0.3) is 0 Å². The van der Waals surface area contributed by atoms with Crippen molar-refractivity contribution >= 4 is 10.0 Å². The van der Waals surface area contributed by atoms with E-state index in [0.717, 1.165) is 25.7 Å². The highest BCUT2D eigenvalue weighted by molar-refractivity contribution is 7.88. The Hall–Kier alpha value is -1.74. The summed E-state index contributed by atoms with van der Waals surface area (Å²) in [5, 5.41) is 7.81. The van der Waals surface area contributed by atoms with Crippen LogP contribution in [0.15, 0.2) is 15.1 Å². The zero-order valence-corrected chi connectivity index (χ0v) is 14.3. The van der Waals surface area contributed by atoms with Crippen molar-refractivity contribution in [1.82, 2.24) is 19.6 Å². The molecule has 8 nitrogen and oxygen atoms in total. The van der Waals surface area contributed by atoms with Crippen LogP contribution in [0.5, 0.6) is 0 Å². The fourth-order valence-corrected chi connectivity index (χ4v) is 4.56. The maximum Gasteiger partial charge on any atom is 0.229 e. The summed E-state index contributed by atoms with van der Waals surface area (Å²) < 4.78 is 37.1. The Morgan fingerprint density at radius 3 is 2.75 bits per heavy atom. The Morgan fingerprint density at radius 1 is 1.21 bits per heavy atom. The van der Waals surface area contributed by atoms with Crippen LogP contribution in [0, 0.1) is 6.92 Å². The molecule has 2 fully saturated rings. The molecule has 1 saturated heterocycles. The molecule has 1 atom stereocenters. The van der Waals surface area contributed by atoms with E-state index in [1.807, 2.05) is 0 Å². The molecule has 4 rings (SSSR count). The smallest absolute Gasteiger partial charge is 0.229 e. The van der Waals surface area contributed by atoms with Gasteiger partial charge in [0.05, 0.1) is 5.69 Å². The third-order valence-corrected chi connectivity index (χ3v) is 6.30. The van der Waals surface area contributed by atoms with Crippen LogP contribution in [-0.2, 0) is 15.8 Å². The summed E-state index contributed by atoms with van der Waals surface area (Å²) >= 11 is 0. The Kier molecular flexibility index (Phi) is 3.92. The van der Waals surface area contributed by atoms with Crippen molar-refractivity contribution in [2.75, 3.05) is 13.1 Å². The second kappa shape index (κ2) is 5.96. The molecule has 1 unspecified atom stereocenters. The van der Waals surface area contributed by atoms with Crippen molar-refractivity contribution < 1.29 is 17.5 Å². The molecular weight excluding hydrogens is 332 g/mol. The first-order chi connectivity index (χ1) is 11.5. The van der Waals surface area contributed by atoms with E-state index < -0.39 is 10.0 Å². The minimum Gasteiger partial charge on any atom is -0.360 e. The lowest BCUT2D eigenvalue weighted by molar-refractivity contribution is 0.298. The van der Waals surface area contributed by atoms with Gasteiger partial charge < -0.3 is 9.05 Å². The summed E-state index contributed by atoms with van der Waals surface area (Å²) in [5.74, 6) is 1.92. The van der Waals surface area contributed by atoms with Crippen LogP contribution in [0.2, 0.25) is 0 Å². The molecule has 24 heavy (non-hydrogen) atoms. The van der Waals surface area contributed by atoms with Gasteiger partial charge in [0.1, 0.15) is 5.75 Å². The summed E-state index contributed by atoms with van der Waals surface area (Å²) in [4.78, 5) is 4.47. The SMILES string of the molecule is Cc1cc(CS(=O)(=O)N2CCCC(c3noc(C4CC4)n3)C2)on1. The van der Waals surface area contributed by atoms with Crippen molar-refractivity contribution in [3.63, 3.8) is 0 Å². The van der Waals surface area contributed by atoms with Gasteiger partial charge in [-0.3, -0.25) is 0 Å². The van der Waals surface area contributed by atoms with Gasteiger partial charge in [-0.05, 0) is 32.6 Å². The molecule has 0 amide bonds. The molecule has 1 saturated carbocycles. The zero-order valence-electron chi connectivity index (χ0n) is 13.5. The van der Waals surface area contributed by atoms with E-state index in [1.54, 1.807) is 13.0 Å². The molecule has 130 valence electrons. The van der Waals surface area contributed by atoms with Crippen LogP contribution in [0.1, 0.15) is 60.7 Å². The monoisotopic (exact) mass is 352 g/mol. The second-order valence-corrected chi connectivity index (χ2v) is 8.62. The van der Waals surface area contributed by atoms with Crippen LogP contribution in [0.25, 0.3) is 0 Å². The Balaban J connectivity index is 1.46. The molecule has 1 aliphatic carbocycles. The van der Waals surface area contributed by atoms with Crippen LogP contribution in [-0.4, -0.2) is 41.1 Å². The maximum absolute atomic E-state index is 12.6. The molecule has 0 aromatic carbocycles. The van der Waals surface area contributed by atoms with E-state index in [2.05, 4.69) is 15.3 Å². The predicted molar refractivity (Wildman–Crippen MR) is 83.7 cm³/mol. The van der Waals surface area contributed by atoms with E-state index >= 15 is 0 Å². The van der Waals surface area contributed by atoms with Crippen molar-refractivity contribution in [2.24, 2.45) is 0 Å². The van der Waals surface area contributed by atoms with Gasteiger partial charge in [-0.15, -0.1) is 0 Å². The van der Waals surface area contributed by atoms with Gasteiger partial charge in [-0.1, -0.05) is 10.3 Å². The molecule has 2 aromatic heterocycles. The Morgan fingerprint density at radius 2 is 2.04 bits per heavy atom. The average Bonchev–Trinajstić information content (AvgIpc) is 3.15. The first-order valence-electron chi connectivity index (χ1n) is 8.25. The number of sulfonamides is 1. The van der Waals surface area contributed by atoms with Crippen molar-refractivity contribution in [3.8, 4) is 0 Å². The molecule has 1 aliphatic heterocycles. The molecule has 0 N–H and O–H groups in total. The molecule has 9 heteroatoms. The van der Waals surface area contributed by atoms with Gasteiger partial charge in [-0.2, -0.15) is 4.98 Å². The summed E-state index contributed by atoms with van der Waals surface area (Å²) in [5.41, 5.74) is 0.677. The van der Waals surface area contributed by atoms with E-state index in [0.29, 0.717) is 42.2 Å². The lowest BCUT2D eigenvalue weighted by Crippen LogP contribution is -2.39. The summed E-state index contributed by atoms with van der Waals surface area (Å²) in [7, 11) is -3.45. The van der Waals surface area contributed by atoms with Crippen LogP contribution >= 0.6 is 0 Å². The van der Waals surface area contributed by atoms with Crippen LogP contribution < -0.4 is 0 Å². The Labute approximate surface area is 140 Å². The lowest BCUT2D eigenvalue weighted by atomic mass is 9.99. The summed E-state index contributed by atoms with van der Waals surface area (Å²) in [6.07, 6.45) is 3.86. The minimum atomic E-state index is -3.45. The Bertz CT molecular complexity index is 824. The van der Waals surface area contributed by atoms with E-state index in [1.165, 1.54) is 4.31 Å². The average molecular weight is 352 g/mol. The fourth-order valence-electron chi connectivity index (χ4n) is 3.07. The fraction of sp³-hybridized carbons (Fsp3) is 0.667. The lowest BCUT2D eigenvalue weighted by Gasteiger charge is -2.30. The van der Waals surface area contributed by atoms with Gasteiger partial charge in [-0.25, -0.2) is 12.7 Å². The first kappa shape index (κ1) is 15.8.